The van der Waals surface area contributed by atoms with Crippen LogP contribution in [0.5, 0.6) is 0 Å². The Morgan fingerprint density at radius 1 is 1.50 bits per heavy atom. The lowest BCUT2D eigenvalue weighted by Gasteiger charge is -2.09. The van der Waals surface area contributed by atoms with E-state index < -0.39 is 0 Å². The van der Waals surface area contributed by atoms with Gasteiger partial charge in [0.05, 0.1) is 18.4 Å². The van der Waals surface area contributed by atoms with Crippen molar-refractivity contribution in [2.75, 3.05) is 12.0 Å². The second kappa shape index (κ2) is 6.10. The van der Waals surface area contributed by atoms with Crippen LogP contribution in [-0.2, 0) is 0 Å². The quantitative estimate of drug-likeness (QED) is 0.354. The monoisotopic (exact) mass is 213 g/mol. The van der Waals surface area contributed by atoms with Gasteiger partial charge in [0.15, 0.2) is 0 Å². The highest BCUT2D eigenvalue weighted by Gasteiger charge is 1.96. The van der Waals surface area contributed by atoms with E-state index in [1.54, 1.807) is 31.2 Å². The summed E-state index contributed by atoms with van der Waals surface area (Å²) in [6.45, 7) is 1.79. The summed E-state index contributed by atoms with van der Waals surface area (Å²) < 4.78 is 0. The zero-order chi connectivity index (χ0) is 11.8. The summed E-state index contributed by atoms with van der Waals surface area (Å²) in [5.74, 6) is 1.97. The second-order valence-electron chi connectivity index (χ2n) is 2.85. The van der Waals surface area contributed by atoms with Crippen LogP contribution in [0.2, 0.25) is 0 Å². The zero-order valence-corrected chi connectivity index (χ0v) is 8.90. The first-order valence-corrected chi connectivity index (χ1v) is 4.65. The molecule has 0 radical (unpaired) electrons. The number of hydrogen-bond donors (Lipinski definition) is 1. The Morgan fingerprint density at radius 3 is 2.75 bits per heavy atom. The molecule has 16 heavy (non-hydrogen) atoms. The molecule has 0 aromatic heterocycles. The highest BCUT2D eigenvalue weighted by Crippen LogP contribution is 2.09. The van der Waals surface area contributed by atoms with Crippen molar-refractivity contribution in [3.8, 4) is 18.4 Å². The van der Waals surface area contributed by atoms with E-state index in [9.17, 15) is 5.11 Å². The van der Waals surface area contributed by atoms with Crippen LogP contribution in [0.3, 0.4) is 0 Å². The van der Waals surface area contributed by atoms with E-state index in [1.165, 1.54) is 0 Å². The van der Waals surface area contributed by atoms with Gasteiger partial charge < -0.3 is 5.11 Å². The van der Waals surface area contributed by atoms with Gasteiger partial charge in [-0.3, -0.25) is 4.99 Å². The van der Waals surface area contributed by atoms with Gasteiger partial charge in [-0.05, 0) is 29.0 Å². The summed E-state index contributed by atoms with van der Waals surface area (Å²) in [6, 6.07) is 9.38. The third-order valence-electron chi connectivity index (χ3n) is 1.74. The van der Waals surface area contributed by atoms with Crippen LogP contribution in [0.25, 0.3) is 4.95 Å². The van der Waals surface area contributed by atoms with Crippen molar-refractivity contribution in [1.29, 1.82) is 0 Å². The Hall–Kier alpha value is -2.46. The van der Waals surface area contributed by atoms with Crippen molar-refractivity contribution in [3.63, 3.8) is 0 Å². The molecule has 0 saturated heterocycles. The standard InChI is InChI=1S/C12H11N3O/c1-3-9-13-12(16)10-5-7-11(8-6-10)15-14-4-2/h1,5-8H,9H2,2H3,(H-,13,15,16). The van der Waals surface area contributed by atoms with Gasteiger partial charge in [-0.1, -0.05) is 18.1 Å². The molecule has 1 aromatic carbocycles. The Morgan fingerprint density at radius 2 is 2.19 bits per heavy atom. The molecule has 0 bridgehead atoms. The molecule has 0 amide bonds. The molecule has 80 valence electrons. The SMILES string of the molecule is C#CCN=C([O-])c1ccc(N[N+]#CC)cc1. The van der Waals surface area contributed by atoms with Crippen LogP contribution in [0.15, 0.2) is 29.3 Å². The van der Waals surface area contributed by atoms with Crippen LogP contribution >= 0.6 is 0 Å². The minimum absolute atomic E-state index is 0.105. The van der Waals surface area contributed by atoms with Gasteiger partial charge in [0.2, 0.25) is 0 Å². The Balaban J connectivity index is 2.77. The minimum Gasteiger partial charge on any atom is -0.858 e. The molecule has 4 heteroatoms. The molecular weight excluding hydrogens is 202 g/mol. The largest absolute Gasteiger partial charge is 0.858 e. The molecule has 1 rings (SSSR count). The summed E-state index contributed by atoms with van der Waals surface area (Å²) >= 11 is 0. The number of hydrogen-bond acceptors (Lipinski definition) is 3. The normalized spacial score (nSPS) is 9.88. The van der Waals surface area contributed by atoms with Gasteiger partial charge in [0, 0.05) is 0 Å². The van der Waals surface area contributed by atoms with Gasteiger partial charge >= 0.3 is 6.07 Å². The summed E-state index contributed by atoms with van der Waals surface area (Å²) in [6.07, 6.45) is 5.01. The molecule has 0 aliphatic rings. The molecule has 0 atom stereocenters. The molecule has 4 nitrogen and oxygen atoms in total. The van der Waals surface area contributed by atoms with Crippen molar-refractivity contribution in [2.24, 2.45) is 4.99 Å². The lowest BCUT2D eigenvalue weighted by atomic mass is 10.2. The van der Waals surface area contributed by atoms with E-state index in [0.717, 1.165) is 5.69 Å². The molecule has 0 heterocycles. The van der Waals surface area contributed by atoms with E-state index in [4.69, 9.17) is 6.42 Å². The fourth-order valence-corrected chi connectivity index (χ4v) is 1.02. The first kappa shape index (κ1) is 11.6. The topological polar surface area (TPSA) is 51.8 Å². The van der Waals surface area contributed by atoms with Gasteiger partial charge in [-0.15, -0.1) is 6.42 Å². The van der Waals surface area contributed by atoms with Crippen molar-refractivity contribution in [1.82, 2.24) is 0 Å². The molecule has 0 aliphatic carbocycles. The van der Waals surface area contributed by atoms with E-state index >= 15 is 0 Å². The van der Waals surface area contributed by atoms with E-state index in [1.807, 2.05) is 0 Å². The maximum atomic E-state index is 11.4. The first-order valence-electron chi connectivity index (χ1n) is 4.65. The third kappa shape index (κ3) is 3.36. The lowest BCUT2D eigenvalue weighted by molar-refractivity contribution is -0.213. The van der Waals surface area contributed by atoms with Crippen molar-refractivity contribution < 1.29 is 5.11 Å². The molecule has 0 saturated carbocycles. The summed E-state index contributed by atoms with van der Waals surface area (Å²) in [5, 5.41) is 11.4. The average Bonchev–Trinajstić information content (AvgIpc) is 2.34. The van der Waals surface area contributed by atoms with E-state index in [2.05, 4.69) is 27.4 Å². The van der Waals surface area contributed by atoms with Crippen molar-refractivity contribution in [3.05, 3.63) is 34.8 Å². The molecule has 0 fully saturated rings. The predicted molar refractivity (Wildman–Crippen MR) is 63.2 cm³/mol. The fraction of sp³-hybridized carbons (Fsp3) is 0.167. The predicted octanol–water partition coefficient (Wildman–Crippen LogP) is 1.11. The summed E-state index contributed by atoms with van der Waals surface area (Å²) in [7, 11) is 0. The van der Waals surface area contributed by atoms with Crippen LogP contribution in [0.1, 0.15) is 12.5 Å². The molecule has 0 unspecified atom stereocenters. The molecule has 0 spiro atoms. The number of rotatable bonds is 3. The van der Waals surface area contributed by atoms with Crippen molar-refractivity contribution >= 4 is 11.6 Å². The van der Waals surface area contributed by atoms with Crippen LogP contribution in [0, 0.1) is 18.4 Å². The Bertz CT molecular complexity index is 472. The first-order chi connectivity index (χ1) is 7.77. The van der Waals surface area contributed by atoms with Gasteiger partial charge in [0.25, 0.3) is 0 Å². The van der Waals surface area contributed by atoms with Crippen LogP contribution < -0.4 is 10.5 Å². The Kier molecular flexibility index (Phi) is 4.43. The maximum absolute atomic E-state index is 11.4. The molecular formula is C12H11N3O. The lowest BCUT2D eigenvalue weighted by Crippen LogP contribution is -2.19. The smallest absolute Gasteiger partial charge is 0.316 e. The summed E-state index contributed by atoms with van der Waals surface area (Å²) in [5.41, 5.74) is 4.03. The van der Waals surface area contributed by atoms with Gasteiger partial charge in [-0.25, -0.2) is 0 Å². The number of aliphatic imine (C=N–C) groups is 1. The molecule has 0 aliphatic heterocycles. The second-order valence-corrected chi connectivity index (χ2v) is 2.85. The number of benzene rings is 1. The number of anilines is 1. The zero-order valence-electron chi connectivity index (χ0n) is 8.90. The molecule has 1 N–H and O–H groups in total. The van der Waals surface area contributed by atoms with E-state index in [0.29, 0.717) is 5.56 Å². The number of nitrogens with zero attached hydrogens (tertiary/aromatic N) is 2. The van der Waals surface area contributed by atoms with E-state index in [-0.39, 0.29) is 12.4 Å². The molecule has 1 aromatic rings. The van der Waals surface area contributed by atoms with Crippen molar-refractivity contribution in [2.45, 2.75) is 6.92 Å². The fourth-order valence-electron chi connectivity index (χ4n) is 1.02. The minimum atomic E-state index is -0.310. The summed E-state index contributed by atoms with van der Waals surface area (Å²) in [4.78, 5) is 7.40. The third-order valence-corrected chi connectivity index (χ3v) is 1.74. The Labute approximate surface area is 94.4 Å². The van der Waals surface area contributed by atoms with Gasteiger partial charge in [0.1, 0.15) is 5.69 Å². The maximum Gasteiger partial charge on any atom is 0.316 e. The van der Waals surface area contributed by atoms with Crippen LogP contribution in [0.4, 0.5) is 5.69 Å². The van der Waals surface area contributed by atoms with Crippen LogP contribution in [-0.4, -0.2) is 12.4 Å². The number of terminal acetylenes is 1. The highest BCUT2D eigenvalue weighted by atomic mass is 16.3. The van der Waals surface area contributed by atoms with Gasteiger partial charge in [-0.2, -0.15) is 0 Å². The average molecular weight is 213 g/mol. The number of nitrogens with one attached hydrogen (secondary N) is 1. The highest BCUT2D eigenvalue weighted by molar-refractivity contribution is 5.91.